The van der Waals surface area contributed by atoms with Crippen molar-refractivity contribution in [1.82, 2.24) is 0 Å². The van der Waals surface area contributed by atoms with Crippen LogP contribution in [0.2, 0.25) is 0 Å². The van der Waals surface area contributed by atoms with Crippen LogP contribution in [0.15, 0.2) is 53.0 Å². The molecule has 0 aliphatic heterocycles. The Morgan fingerprint density at radius 2 is 1.78 bits per heavy atom. The fraction of sp³-hybridized carbons (Fsp3) is 0.364. The van der Waals surface area contributed by atoms with Crippen molar-refractivity contribution in [3.05, 3.63) is 69.9 Å². The zero-order valence-corrected chi connectivity index (χ0v) is 17.4. The summed E-state index contributed by atoms with van der Waals surface area (Å²) in [6.45, 7) is 5.39. The van der Waals surface area contributed by atoms with Crippen LogP contribution in [0, 0.1) is 11.7 Å². The third-order valence-electron chi connectivity index (χ3n) is 3.94. The van der Waals surface area contributed by atoms with Gasteiger partial charge in [0.15, 0.2) is 0 Å². The SMILES string of the molecule is CC(C)(C)OC(=O)[C@@H](CC(=O)Cc1ccc(Br)cc1F)Cc1ccccc1. The van der Waals surface area contributed by atoms with E-state index in [-0.39, 0.29) is 18.6 Å². The average Bonchev–Trinajstić information content (AvgIpc) is 2.56. The third kappa shape index (κ3) is 7.25. The van der Waals surface area contributed by atoms with Gasteiger partial charge in [-0.1, -0.05) is 52.3 Å². The Morgan fingerprint density at radius 1 is 1.11 bits per heavy atom. The van der Waals surface area contributed by atoms with E-state index in [4.69, 9.17) is 4.74 Å². The summed E-state index contributed by atoms with van der Waals surface area (Å²) in [6.07, 6.45) is 0.372. The highest BCUT2D eigenvalue weighted by Crippen LogP contribution is 2.21. The number of ether oxygens (including phenoxy) is 1. The van der Waals surface area contributed by atoms with Crippen molar-refractivity contribution >= 4 is 27.7 Å². The molecular weight excluding hydrogens is 411 g/mol. The van der Waals surface area contributed by atoms with Crippen LogP contribution in [0.1, 0.15) is 38.3 Å². The summed E-state index contributed by atoms with van der Waals surface area (Å²) in [5.74, 6) is -1.63. The second kappa shape index (κ2) is 9.27. The lowest BCUT2D eigenvalue weighted by atomic mass is 9.92. The molecule has 0 radical (unpaired) electrons. The maximum Gasteiger partial charge on any atom is 0.310 e. The molecule has 0 saturated carbocycles. The van der Waals surface area contributed by atoms with E-state index in [0.29, 0.717) is 16.5 Å². The molecule has 0 bridgehead atoms. The normalized spacial score (nSPS) is 12.5. The number of carbonyl (C=O) groups excluding carboxylic acids is 2. The maximum atomic E-state index is 14.0. The van der Waals surface area contributed by atoms with Gasteiger partial charge in [0.05, 0.1) is 5.92 Å². The van der Waals surface area contributed by atoms with Crippen LogP contribution in [0.25, 0.3) is 0 Å². The number of halogens is 2. The molecular formula is C22H24BrFO3. The van der Waals surface area contributed by atoms with Gasteiger partial charge >= 0.3 is 5.97 Å². The molecule has 0 aliphatic rings. The first-order chi connectivity index (χ1) is 12.6. The summed E-state index contributed by atoms with van der Waals surface area (Å²) in [5, 5.41) is 0. The van der Waals surface area contributed by atoms with Crippen molar-refractivity contribution in [3.8, 4) is 0 Å². The number of carbonyl (C=O) groups is 2. The molecule has 0 unspecified atom stereocenters. The summed E-state index contributed by atoms with van der Waals surface area (Å²) >= 11 is 3.20. The molecule has 0 fully saturated rings. The molecule has 0 saturated heterocycles. The van der Waals surface area contributed by atoms with Gasteiger partial charge in [-0.15, -0.1) is 0 Å². The number of esters is 1. The Hall–Kier alpha value is -2.01. The van der Waals surface area contributed by atoms with Crippen LogP contribution in [-0.2, 0) is 27.2 Å². The summed E-state index contributed by atoms with van der Waals surface area (Å²) in [5.41, 5.74) is 0.647. The van der Waals surface area contributed by atoms with Crippen molar-refractivity contribution in [2.75, 3.05) is 0 Å². The van der Waals surface area contributed by atoms with Crippen LogP contribution < -0.4 is 0 Å². The first-order valence-corrected chi connectivity index (χ1v) is 9.66. The van der Waals surface area contributed by atoms with Gasteiger partial charge in [0, 0.05) is 17.3 Å². The highest BCUT2D eigenvalue weighted by atomic mass is 79.9. The standard InChI is InChI=1S/C22H24BrFO3/c1-22(2,3)27-21(26)17(11-15-7-5-4-6-8-15)13-19(25)12-16-9-10-18(23)14-20(16)24/h4-10,14,17H,11-13H2,1-3H3/t17-/m1/s1. The van der Waals surface area contributed by atoms with E-state index in [2.05, 4.69) is 15.9 Å². The highest BCUT2D eigenvalue weighted by Gasteiger charge is 2.27. The van der Waals surface area contributed by atoms with Crippen molar-refractivity contribution in [2.45, 2.75) is 45.6 Å². The van der Waals surface area contributed by atoms with Gasteiger partial charge in [0.2, 0.25) is 0 Å². The molecule has 0 aromatic heterocycles. The molecule has 0 amide bonds. The molecule has 0 heterocycles. The van der Waals surface area contributed by atoms with Gasteiger partial charge in [-0.25, -0.2) is 4.39 Å². The highest BCUT2D eigenvalue weighted by molar-refractivity contribution is 9.10. The lowest BCUT2D eigenvalue weighted by Gasteiger charge is -2.24. The minimum absolute atomic E-state index is 0.0132. The predicted octanol–water partition coefficient (Wildman–Crippen LogP) is 5.29. The van der Waals surface area contributed by atoms with Crippen LogP contribution in [-0.4, -0.2) is 17.4 Å². The predicted molar refractivity (Wildman–Crippen MR) is 107 cm³/mol. The molecule has 27 heavy (non-hydrogen) atoms. The molecule has 2 rings (SSSR count). The summed E-state index contributed by atoms with van der Waals surface area (Å²) in [7, 11) is 0. The molecule has 0 N–H and O–H groups in total. The van der Waals surface area contributed by atoms with Crippen molar-refractivity contribution < 1.29 is 18.7 Å². The van der Waals surface area contributed by atoms with E-state index in [9.17, 15) is 14.0 Å². The topological polar surface area (TPSA) is 43.4 Å². The molecule has 0 aliphatic carbocycles. The zero-order chi connectivity index (χ0) is 20.0. The Kier molecular flexibility index (Phi) is 7.31. The zero-order valence-electron chi connectivity index (χ0n) is 15.8. The van der Waals surface area contributed by atoms with E-state index < -0.39 is 23.3 Å². The Balaban J connectivity index is 2.12. The summed E-state index contributed by atoms with van der Waals surface area (Å²) in [6, 6.07) is 14.1. The second-order valence-electron chi connectivity index (χ2n) is 7.58. The maximum absolute atomic E-state index is 14.0. The van der Waals surface area contributed by atoms with Crippen LogP contribution in [0.4, 0.5) is 4.39 Å². The lowest BCUT2D eigenvalue weighted by Crippen LogP contribution is -2.31. The van der Waals surface area contributed by atoms with Gasteiger partial charge in [-0.05, 0) is 50.5 Å². The van der Waals surface area contributed by atoms with E-state index in [1.54, 1.807) is 32.9 Å². The number of rotatable bonds is 7. The summed E-state index contributed by atoms with van der Waals surface area (Å²) < 4.78 is 20.1. The van der Waals surface area contributed by atoms with Gasteiger partial charge in [0.25, 0.3) is 0 Å². The number of Topliss-reactive ketones (excluding diaryl/α,β-unsaturated/α-hetero) is 1. The van der Waals surface area contributed by atoms with Gasteiger partial charge < -0.3 is 4.74 Å². The fourth-order valence-electron chi connectivity index (χ4n) is 2.75. The monoisotopic (exact) mass is 434 g/mol. The van der Waals surface area contributed by atoms with E-state index in [0.717, 1.165) is 5.56 Å². The number of hydrogen-bond donors (Lipinski definition) is 0. The van der Waals surface area contributed by atoms with Crippen molar-refractivity contribution in [3.63, 3.8) is 0 Å². The fourth-order valence-corrected chi connectivity index (χ4v) is 3.08. The van der Waals surface area contributed by atoms with E-state index in [1.807, 2.05) is 30.3 Å². The van der Waals surface area contributed by atoms with Gasteiger partial charge in [-0.3, -0.25) is 9.59 Å². The minimum Gasteiger partial charge on any atom is -0.460 e. The molecule has 2 aromatic carbocycles. The number of benzene rings is 2. The van der Waals surface area contributed by atoms with Gasteiger partial charge in [-0.2, -0.15) is 0 Å². The van der Waals surface area contributed by atoms with Crippen LogP contribution in [0.5, 0.6) is 0 Å². The first kappa shape index (κ1) is 21.3. The second-order valence-corrected chi connectivity index (χ2v) is 8.49. The number of ketones is 1. The quantitative estimate of drug-likeness (QED) is 0.555. The Morgan fingerprint density at radius 3 is 2.37 bits per heavy atom. The minimum atomic E-state index is -0.632. The van der Waals surface area contributed by atoms with Crippen LogP contribution in [0.3, 0.4) is 0 Å². The van der Waals surface area contributed by atoms with Crippen molar-refractivity contribution in [1.29, 1.82) is 0 Å². The first-order valence-electron chi connectivity index (χ1n) is 8.86. The smallest absolute Gasteiger partial charge is 0.310 e. The van der Waals surface area contributed by atoms with E-state index in [1.165, 1.54) is 6.07 Å². The summed E-state index contributed by atoms with van der Waals surface area (Å²) in [4.78, 5) is 25.1. The third-order valence-corrected chi connectivity index (χ3v) is 4.44. The lowest BCUT2D eigenvalue weighted by molar-refractivity contribution is -0.161. The molecule has 1 atom stereocenters. The van der Waals surface area contributed by atoms with Gasteiger partial charge in [0.1, 0.15) is 17.2 Å². The average molecular weight is 435 g/mol. The molecule has 2 aromatic rings. The van der Waals surface area contributed by atoms with Crippen molar-refractivity contribution in [2.24, 2.45) is 5.92 Å². The molecule has 3 nitrogen and oxygen atoms in total. The van der Waals surface area contributed by atoms with Crippen LogP contribution >= 0.6 is 15.9 Å². The van der Waals surface area contributed by atoms with E-state index >= 15 is 0 Å². The largest absolute Gasteiger partial charge is 0.460 e. The molecule has 0 spiro atoms. The molecule has 144 valence electrons. The Labute approximate surface area is 168 Å². The Bertz CT molecular complexity index is 797. The number of hydrogen-bond acceptors (Lipinski definition) is 3. The molecule has 5 heteroatoms.